The molecule has 5 N–H and O–H groups in total. The molecule has 0 fully saturated rings. The van der Waals surface area contributed by atoms with Crippen LogP contribution in [0.2, 0.25) is 0 Å². The number of hydrogen-bond donors (Lipinski definition) is 4. The summed E-state index contributed by atoms with van der Waals surface area (Å²) in [6.45, 7) is 28.1. The topological polar surface area (TPSA) is 115 Å². The molecule has 0 saturated heterocycles. The maximum absolute atomic E-state index is 11.2. The van der Waals surface area contributed by atoms with Crippen molar-refractivity contribution in [2.45, 2.75) is 139 Å². The van der Waals surface area contributed by atoms with E-state index in [9.17, 15) is 9.59 Å². The van der Waals surface area contributed by atoms with Gasteiger partial charge in [-0.1, -0.05) is 67.7 Å². The number of hydrogen-bond acceptors (Lipinski definition) is 5. The zero-order valence-corrected chi connectivity index (χ0v) is 27.7. The molecule has 0 saturated carbocycles. The molecular formula is C30H68N4O4. The van der Waals surface area contributed by atoms with Gasteiger partial charge in [0.25, 0.3) is 0 Å². The van der Waals surface area contributed by atoms with E-state index in [1.54, 1.807) is 0 Å². The Bertz CT molecular complexity index is 536. The third kappa shape index (κ3) is 39.1. The summed E-state index contributed by atoms with van der Waals surface area (Å²) >= 11 is 0. The number of amides is 3. The fourth-order valence-corrected chi connectivity index (χ4v) is 2.85. The zero-order valence-electron chi connectivity index (χ0n) is 27.7. The molecule has 0 heterocycles. The fourth-order valence-electron chi connectivity index (χ4n) is 2.85. The van der Waals surface area contributed by atoms with Gasteiger partial charge in [0, 0.05) is 31.8 Å². The van der Waals surface area contributed by atoms with Gasteiger partial charge in [-0.2, -0.15) is 0 Å². The Hall–Kier alpha value is -1.38. The van der Waals surface area contributed by atoms with Crippen LogP contribution in [0.4, 0.5) is 4.79 Å². The number of ether oxygens (including phenoxy) is 2. The largest absolute Gasteiger partial charge is 0.376 e. The Labute approximate surface area is 237 Å². The number of primary amides is 1. The molecule has 38 heavy (non-hydrogen) atoms. The van der Waals surface area contributed by atoms with Crippen LogP contribution in [0.15, 0.2) is 0 Å². The lowest BCUT2D eigenvalue weighted by Gasteiger charge is -2.29. The van der Waals surface area contributed by atoms with E-state index in [2.05, 4.69) is 92.1 Å². The van der Waals surface area contributed by atoms with Crippen molar-refractivity contribution in [1.29, 1.82) is 0 Å². The highest BCUT2D eigenvalue weighted by molar-refractivity contribution is 5.77. The molecule has 0 spiro atoms. The molecular weight excluding hydrogens is 480 g/mol. The van der Waals surface area contributed by atoms with Crippen LogP contribution in [0.5, 0.6) is 0 Å². The minimum Gasteiger partial charge on any atom is -0.376 e. The second kappa shape index (κ2) is 27.2. The summed E-state index contributed by atoms with van der Waals surface area (Å²) in [4.78, 5) is 21.7. The molecule has 0 rings (SSSR count). The number of urea groups is 1. The third-order valence-corrected chi connectivity index (χ3v) is 5.28. The summed E-state index contributed by atoms with van der Waals surface area (Å²) in [5.41, 5.74) is 5.13. The predicted molar refractivity (Wildman–Crippen MR) is 165 cm³/mol. The first-order valence-electron chi connectivity index (χ1n) is 14.7. The lowest BCUT2D eigenvalue weighted by molar-refractivity contribution is -0.126. The van der Waals surface area contributed by atoms with E-state index >= 15 is 0 Å². The average molecular weight is 549 g/mol. The van der Waals surface area contributed by atoms with Crippen molar-refractivity contribution in [2.75, 3.05) is 40.0 Å². The third-order valence-electron chi connectivity index (χ3n) is 5.28. The van der Waals surface area contributed by atoms with Gasteiger partial charge in [0.2, 0.25) is 5.91 Å². The second-order valence-corrected chi connectivity index (χ2v) is 11.6. The first-order valence-corrected chi connectivity index (χ1v) is 14.7. The van der Waals surface area contributed by atoms with Gasteiger partial charge < -0.3 is 31.2 Å². The molecule has 0 unspecified atom stereocenters. The van der Waals surface area contributed by atoms with E-state index in [1.807, 2.05) is 14.0 Å². The van der Waals surface area contributed by atoms with E-state index in [0.717, 1.165) is 45.3 Å². The summed E-state index contributed by atoms with van der Waals surface area (Å²) in [5, 5.41) is 8.71. The fraction of sp³-hybridized carbons (Fsp3) is 0.933. The lowest BCUT2D eigenvalue weighted by atomic mass is 9.88. The maximum Gasteiger partial charge on any atom is 0.312 e. The van der Waals surface area contributed by atoms with E-state index in [1.165, 1.54) is 12.8 Å². The van der Waals surface area contributed by atoms with Crippen molar-refractivity contribution >= 4 is 11.9 Å². The van der Waals surface area contributed by atoms with Crippen LogP contribution in [-0.2, 0) is 14.3 Å². The number of nitrogens with two attached hydrogens (primary N) is 1. The molecule has 232 valence electrons. The van der Waals surface area contributed by atoms with Crippen molar-refractivity contribution in [3.63, 3.8) is 0 Å². The van der Waals surface area contributed by atoms with E-state index < -0.39 is 6.03 Å². The van der Waals surface area contributed by atoms with Crippen LogP contribution < -0.4 is 21.7 Å². The van der Waals surface area contributed by atoms with E-state index in [4.69, 9.17) is 15.2 Å². The summed E-state index contributed by atoms with van der Waals surface area (Å²) in [5.74, 6) is -0.0176. The summed E-state index contributed by atoms with van der Waals surface area (Å²) < 4.78 is 10.9. The monoisotopic (exact) mass is 549 g/mol. The van der Waals surface area contributed by atoms with E-state index in [0.29, 0.717) is 13.2 Å². The Balaban J connectivity index is -0.000000256. The van der Waals surface area contributed by atoms with Gasteiger partial charge in [0.1, 0.15) is 6.61 Å². The minimum atomic E-state index is -0.468. The van der Waals surface area contributed by atoms with Gasteiger partial charge >= 0.3 is 6.03 Å². The Morgan fingerprint density at radius 3 is 1.76 bits per heavy atom. The highest BCUT2D eigenvalue weighted by Gasteiger charge is 2.21. The van der Waals surface area contributed by atoms with Crippen molar-refractivity contribution < 1.29 is 19.1 Å². The van der Waals surface area contributed by atoms with Crippen molar-refractivity contribution in [2.24, 2.45) is 11.1 Å². The van der Waals surface area contributed by atoms with E-state index in [-0.39, 0.29) is 29.1 Å². The SMILES string of the molecule is CCC.CCC.CCCC(C)(C)CNC(=O)COCC.CNC(C)(C)CCOC(C)(C)CCCNC(N)=O. The first-order chi connectivity index (χ1) is 17.5. The normalized spacial score (nSPS) is 11.1. The van der Waals surface area contributed by atoms with Crippen LogP contribution in [-0.4, -0.2) is 63.0 Å². The number of nitrogens with one attached hydrogen (secondary N) is 3. The Morgan fingerprint density at radius 2 is 1.34 bits per heavy atom. The molecule has 8 heteroatoms. The maximum atomic E-state index is 11.2. The molecule has 3 amide bonds. The lowest BCUT2D eigenvalue weighted by Crippen LogP contribution is -2.38. The van der Waals surface area contributed by atoms with Gasteiger partial charge in [-0.25, -0.2) is 4.79 Å². The van der Waals surface area contributed by atoms with Crippen LogP contribution >= 0.6 is 0 Å². The Kier molecular flexibility index (Phi) is 31.3. The van der Waals surface area contributed by atoms with Crippen LogP contribution in [0.3, 0.4) is 0 Å². The standard InChI is InChI=1S/C13H29N3O2.C11H23NO2.2C3H8/c1-12(2,15-5)8-10-18-13(3,4)7-6-9-16-11(14)17;1-5-7-11(3,4)9-12-10(13)8-14-6-2;2*1-3-2/h15H,6-10H2,1-5H3,(H3,14,16,17);5-9H2,1-4H3,(H,12,13);2*3H2,1-2H3. The summed E-state index contributed by atoms with van der Waals surface area (Å²) in [6.07, 6.45) is 7.50. The van der Waals surface area contributed by atoms with Gasteiger partial charge in [-0.3, -0.25) is 4.79 Å². The minimum absolute atomic E-state index is 0.0176. The molecule has 0 aromatic rings. The highest BCUT2D eigenvalue weighted by Crippen LogP contribution is 2.20. The summed E-state index contributed by atoms with van der Waals surface area (Å²) in [6, 6.07) is -0.468. The molecule has 8 nitrogen and oxygen atoms in total. The summed E-state index contributed by atoms with van der Waals surface area (Å²) in [7, 11) is 1.96. The molecule has 0 atom stereocenters. The van der Waals surface area contributed by atoms with Gasteiger partial charge in [-0.05, 0) is 72.8 Å². The van der Waals surface area contributed by atoms with Crippen molar-refractivity contribution in [3.05, 3.63) is 0 Å². The first kappa shape index (κ1) is 43.7. The molecule has 0 aromatic heterocycles. The van der Waals surface area contributed by atoms with Gasteiger partial charge in [0.05, 0.1) is 5.60 Å². The van der Waals surface area contributed by atoms with Gasteiger partial charge in [0.15, 0.2) is 0 Å². The van der Waals surface area contributed by atoms with Crippen LogP contribution in [0, 0.1) is 5.41 Å². The number of carbonyl (C=O) groups is 2. The molecule has 0 aliphatic carbocycles. The molecule has 0 aromatic carbocycles. The quantitative estimate of drug-likeness (QED) is 0.166. The van der Waals surface area contributed by atoms with Crippen LogP contribution in [0.25, 0.3) is 0 Å². The highest BCUT2D eigenvalue weighted by atomic mass is 16.5. The smallest absolute Gasteiger partial charge is 0.312 e. The Morgan fingerprint density at radius 1 is 0.816 bits per heavy atom. The number of carbonyl (C=O) groups excluding carboxylic acids is 2. The predicted octanol–water partition coefficient (Wildman–Crippen LogP) is 6.42. The molecule has 0 radical (unpaired) electrons. The van der Waals surface area contributed by atoms with Crippen molar-refractivity contribution in [3.8, 4) is 0 Å². The molecule has 0 bridgehead atoms. The van der Waals surface area contributed by atoms with Crippen molar-refractivity contribution in [1.82, 2.24) is 16.0 Å². The van der Waals surface area contributed by atoms with Crippen LogP contribution in [0.1, 0.15) is 128 Å². The van der Waals surface area contributed by atoms with Gasteiger partial charge in [-0.15, -0.1) is 0 Å². The second-order valence-electron chi connectivity index (χ2n) is 11.6. The number of rotatable bonds is 16. The average Bonchev–Trinajstić information content (AvgIpc) is 2.80. The zero-order chi connectivity index (χ0) is 30.7. The molecule has 0 aliphatic rings. The molecule has 0 aliphatic heterocycles.